The van der Waals surface area contributed by atoms with Crippen LogP contribution in [0.3, 0.4) is 0 Å². The predicted molar refractivity (Wildman–Crippen MR) is 64.5 cm³/mol. The average molecular weight is 239 g/mol. The second-order valence-electron chi connectivity index (χ2n) is 5.24. The van der Waals surface area contributed by atoms with Gasteiger partial charge >= 0.3 is 5.97 Å². The van der Waals surface area contributed by atoms with E-state index >= 15 is 0 Å². The van der Waals surface area contributed by atoms with E-state index < -0.39 is 11.6 Å². The normalized spacial score (nSPS) is 31.9. The number of fused-ring (bicyclic) bond motifs is 1. The van der Waals surface area contributed by atoms with E-state index in [2.05, 4.69) is 11.5 Å². The van der Waals surface area contributed by atoms with E-state index in [4.69, 9.17) is 4.74 Å². The fourth-order valence-corrected chi connectivity index (χ4v) is 2.79. The summed E-state index contributed by atoms with van der Waals surface area (Å²) in [5.74, 6) is -0.161. The molecule has 0 aromatic carbocycles. The Labute approximate surface area is 102 Å². The number of ether oxygens (including phenoxy) is 1. The zero-order valence-corrected chi connectivity index (χ0v) is 10.4. The molecule has 0 spiro atoms. The summed E-state index contributed by atoms with van der Waals surface area (Å²) in [6.45, 7) is 7.55. The molecule has 96 valence electrons. The van der Waals surface area contributed by atoms with Crippen LogP contribution in [0, 0.1) is 5.92 Å². The molecule has 0 bridgehead atoms. The molecule has 0 aromatic rings. The Kier molecular flexibility index (Phi) is 3.54. The molecule has 2 rings (SSSR count). The minimum atomic E-state index is -1.56. The number of nitrogens with zero attached hydrogens (tertiary/aromatic N) is 1. The highest BCUT2D eigenvalue weighted by molar-refractivity contribution is 5.81. The van der Waals surface area contributed by atoms with Gasteiger partial charge in [-0.15, -0.1) is 0 Å². The van der Waals surface area contributed by atoms with Gasteiger partial charge in [-0.05, 0) is 45.4 Å². The molecule has 2 heterocycles. The predicted octanol–water partition coefficient (Wildman–Crippen LogP) is 0.951. The quantitative estimate of drug-likeness (QED) is 0.586. The van der Waals surface area contributed by atoms with Gasteiger partial charge in [-0.3, -0.25) is 4.90 Å². The second kappa shape index (κ2) is 4.78. The van der Waals surface area contributed by atoms with E-state index in [1.54, 1.807) is 0 Å². The van der Waals surface area contributed by atoms with Gasteiger partial charge < -0.3 is 9.84 Å². The number of hydrogen-bond acceptors (Lipinski definition) is 4. The standard InChI is InChI=1S/C13H21NO3/c1-3-13(2,16)12(15)17-9-10-6-8-14-7-4-5-11(10)14/h3,10-11,16H,1,4-9H2,2H3/t10-,11-,13+/m0/s1. The second-order valence-corrected chi connectivity index (χ2v) is 5.24. The van der Waals surface area contributed by atoms with Crippen LogP contribution in [0.1, 0.15) is 26.2 Å². The first-order chi connectivity index (χ1) is 8.04. The van der Waals surface area contributed by atoms with Gasteiger partial charge in [0.15, 0.2) is 5.60 Å². The molecule has 0 saturated carbocycles. The Hall–Kier alpha value is -0.870. The van der Waals surface area contributed by atoms with Crippen LogP contribution in [0.25, 0.3) is 0 Å². The van der Waals surface area contributed by atoms with Crippen LogP contribution in [0.2, 0.25) is 0 Å². The maximum atomic E-state index is 11.6. The molecule has 1 N–H and O–H groups in total. The molecular weight excluding hydrogens is 218 g/mol. The minimum absolute atomic E-state index is 0.421. The van der Waals surface area contributed by atoms with Crippen LogP contribution >= 0.6 is 0 Å². The number of carbonyl (C=O) groups is 1. The molecule has 0 radical (unpaired) electrons. The molecule has 4 nitrogen and oxygen atoms in total. The largest absolute Gasteiger partial charge is 0.463 e. The Morgan fingerprint density at radius 3 is 3.06 bits per heavy atom. The lowest BCUT2D eigenvalue weighted by atomic mass is 9.99. The van der Waals surface area contributed by atoms with Crippen LogP contribution in [-0.2, 0) is 9.53 Å². The first kappa shape index (κ1) is 12.6. The van der Waals surface area contributed by atoms with E-state index in [0.29, 0.717) is 18.6 Å². The lowest BCUT2D eigenvalue weighted by Crippen LogP contribution is -2.36. The summed E-state index contributed by atoms with van der Waals surface area (Å²) >= 11 is 0. The van der Waals surface area contributed by atoms with Crippen LogP contribution < -0.4 is 0 Å². The number of aliphatic hydroxyl groups is 1. The SMILES string of the molecule is C=C[C@@](C)(O)C(=O)OC[C@@H]1CCN2CCC[C@@H]12. The molecule has 0 amide bonds. The van der Waals surface area contributed by atoms with Crippen molar-refractivity contribution in [2.45, 2.75) is 37.8 Å². The van der Waals surface area contributed by atoms with Gasteiger partial charge in [0.1, 0.15) is 0 Å². The van der Waals surface area contributed by atoms with Crippen LogP contribution in [0.15, 0.2) is 12.7 Å². The molecule has 2 saturated heterocycles. The first-order valence-corrected chi connectivity index (χ1v) is 6.32. The van der Waals surface area contributed by atoms with Gasteiger partial charge in [0.25, 0.3) is 0 Å². The van der Waals surface area contributed by atoms with Crippen molar-refractivity contribution in [3.8, 4) is 0 Å². The van der Waals surface area contributed by atoms with Crippen molar-refractivity contribution in [2.24, 2.45) is 5.92 Å². The maximum absolute atomic E-state index is 11.6. The highest BCUT2D eigenvalue weighted by Crippen LogP contribution is 2.32. The maximum Gasteiger partial charge on any atom is 0.341 e. The topological polar surface area (TPSA) is 49.8 Å². The summed E-state index contributed by atoms with van der Waals surface area (Å²) in [5.41, 5.74) is -1.56. The van der Waals surface area contributed by atoms with Crippen molar-refractivity contribution < 1.29 is 14.6 Å². The number of esters is 1. The summed E-state index contributed by atoms with van der Waals surface area (Å²) < 4.78 is 5.20. The fourth-order valence-electron chi connectivity index (χ4n) is 2.79. The van der Waals surface area contributed by atoms with Gasteiger partial charge in [0.2, 0.25) is 0 Å². The van der Waals surface area contributed by atoms with E-state index in [1.807, 2.05) is 0 Å². The molecule has 0 aromatic heterocycles. The molecule has 2 aliphatic heterocycles. The summed E-state index contributed by atoms with van der Waals surface area (Å²) in [5, 5.41) is 9.65. The lowest BCUT2D eigenvalue weighted by molar-refractivity contribution is -0.160. The van der Waals surface area contributed by atoms with Gasteiger partial charge in [-0.25, -0.2) is 4.79 Å². The Balaban J connectivity index is 1.83. The zero-order chi connectivity index (χ0) is 12.5. The molecule has 3 atom stereocenters. The van der Waals surface area contributed by atoms with Crippen molar-refractivity contribution in [2.75, 3.05) is 19.7 Å². The molecule has 4 heteroatoms. The van der Waals surface area contributed by atoms with Crippen LogP contribution in [0.5, 0.6) is 0 Å². The molecule has 0 unspecified atom stereocenters. The molecule has 17 heavy (non-hydrogen) atoms. The van der Waals surface area contributed by atoms with Crippen molar-refractivity contribution in [1.82, 2.24) is 4.90 Å². The van der Waals surface area contributed by atoms with Gasteiger partial charge in [0.05, 0.1) is 6.61 Å². The molecule has 0 aliphatic carbocycles. The third-order valence-electron chi connectivity index (χ3n) is 3.98. The van der Waals surface area contributed by atoms with E-state index in [9.17, 15) is 9.90 Å². The smallest absolute Gasteiger partial charge is 0.341 e. The monoisotopic (exact) mass is 239 g/mol. The van der Waals surface area contributed by atoms with Crippen molar-refractivity contribution in [3.05, 3.63) is 12.7 Å². The Bertz CT molecular complexity index is 314. The number of rotatable bonds is 4. The van der Waals surface area contributed by atoms with E-state index in [1.165, 1.54) is 32.4 Å². The third-order valence-corrected chi connectivity index (χ3v) is 3.98. The summed E-state index contributed by atoms with van der Waals surface area (Å²) in [7, 11) is 0. The van der Waals surface area contributed by atoms with E-state index in [-0.39, 0.29) is 0 Å². The highest BCUT2D eigenvalue weighted by Gasteiger charge is 2.38. The molecular formula is C13H21NO3. The summed E-state index contributed by atoms with van der Waals surface area (Å²) in [6, 6.07) is 0.580. The Morgan fingerprint density at radius 1 is 1.59 bits per heavy atom. The first-order valence-electron chi connectivity index (χ1n) is 6.32. The summed E-state index contributed by atoms with van der Waals surface area (Å²) in [6.07, 6.45) is 4.76. The van der Waals surface area contributed by atoms with E-state index in [0.717, 1.165) is 13.0 Å². The minimum Gasteiger partial charge on any atom is -0.463 e. The molecule has 2 fully saturated rings. The number of hydrogen-bond donors (Lipinski definition) is 1. The average Bonchev–Trinajstić information content (AvgIpc) is 2.88. The molecule has 2 aliphatic rings. The van der Waals surface area contributed by atoms with Gasteiger partial charge in [-0.2, -0.15) is 0 Å². The lowest BCUT2D eigenvalue weighted by Gasteiger charge is -2.22. The zero-order valence-electron chi connectivity index (χ0n) is 10.4. The third kappa shape index (κ3) is 2.53. The van der Waals surface area contributed by atoms with Crippen molar-refractivity contribution in [1.29, 1.82) is 0 Å². The van der Waals surface area contributed by atoms with Crippen molar-refractivity contribution >= 4 is 5.97 Å². The van der Waals surface area contributed by atoms with Gasteiger partial charge in [0, 0.05) is 12.0 Å². The Morgan fingerprint density at radius 2 is 2.35 bits per heavy atom. The fraction of sp³-hybridized carbons (Fsp3) is 0.769. The van der Waals surface area contributed by atoms with Crippen LogP contribution in [0.4, 0.5) is 0 Å². The highest BCUT2D eigenvalue weighted by atomic mass is 16.5. The van der Waals surface area contributed by atoms with Gasteiger partial charge in [-0.1, -0.05) is 6.58 Å². The summed E-state index contributed by atoms with van der Waals surface area (Å²) in [4.78, 5) is 14.1. The van der Waals surface area contributed by atoms with Crippen molar-refractivity contribution in [3.63, 3.8) is 0 Å². The number of carbonyl (C=O) groups excluding carboxylic acids is 1. The van der Waals surface area contributed by atoms with Crippen LogP contribution in [-0.4, -0.2) is 47.3 Å².